The van der Waals surface area contributed by atoms with Gasteiger partial charge in [-0.15, -0.1) is 0 Å². The van der Waals surface area contributed by atoms with Gasteiger partial charge in [0.1, 0.15) is 5.82 Å². The van der Waals surface area contributed by atoms with Crippen molar-refractivity contribution in [2.45, 2.75) is 52.0 Å². The van der Waals surface area contributed by atoms with Crippen LogP contribution in [-0.4, -0.2) is 43.3 Å². The number of halogens is 1. The molecule has 1 fully saturated rings. The predicted octanol–water partition coefficient (Wildman–Crippen LogP) is 5.75. The van der Waals surface area contributed by atoms with Gasteiger partial charge in [0.05, 0.1) is 11.4 Å². The van der Waals surface area contributed by atoms with E-state index in [4.69, 9.17) is 0 Å². The van der Waals surface area contributed by atoms with E-state index in [2.05, 4.69) is 40.5 Å². The molecule has 5 heteroatoms. The number of pyridine rings is 1. The van der Waals surface area contributed by atoms with Gasteiger partial charge in [0.2, 0.25) is 0 Å². The Hall–Kier alpha value is -2.37. The lowest BCUT2D eigenvalue weighted by atomic mass is 9.95. The molecule has 1 aromatic carbocycles. The SMILES string of the molecule is C=Nc1c(C(=C)CCc2ccc(F)c(C(C)C)c2)ccnc1CNCC1CCN(C)CC1. The topological polar surface area (TPSA) is 40.5 Å². The largest absolute Gasteiger partial charge is 0.311 e. The van der Waals surface area contributed by atoms with Gasteiger partial charge in [-0.05, 0) is 99.8 Å². The average Bonchev–Trinajstić information content (AvgIpc) is 2.79. The van der Waals surface area contributed by atoms with Crippen LogP contribution >= 0.6 is 0 Å². The molecule has 1 N–H and O–H groups in total. The first-order valence-corrected chi connectivity index (χ1v) is 11.7. The molecule has 32 heavy (non-hydrogen) atoms. The fourth-order valence-electron chi connectivity index (χ4n) is 4.37. The van der Waals surface area contributed by atoms with Crippen molar-refractivity contribution in [3.63, 3.8) is 0 Å². The number of hydrogen-bond acceptors (Lipinski definition) is 4. The second kappa shape index (κ2) is 11.5. The highest BCUT2D eigenvalue weighted by Gasteiger charge is 2.17. The summed E-state index contributed by atoms with van der Waals surface area (Å²) in [6.45, 7) is 16.2. The summed E-state index contributed by atoms with van der Waals surface area (Å²) in [7, 11) is 2.19. The molecule has 2 heterocycles. The van der Waals surface area contributed by atoms with Crippen LogP contribution in [0.15, 0.2) is 42.0 Å². The number of hydrogen-bond donors (Lipinski definition) is 1. The molecular formula is C27H37FN4. The van der Waals surface area contributed by atoms with Gasteiger partial charge in [0.25, 0.3) is 0 Å². The fourth-order valence-corrected chi connectivity index (χ4v) is 4.37. The van der Waals surface area contributed by atoms with Crippen LogP contribution in [0.3, 0.4) is 0 Å². The highest BCUT2D eigenvalue weighted by molar-refractivity contribution is 5.75. The van der Waals surface area contributed by atoms with Crippen molar-refractivity contribution in [2.24, 2.45) is 10.9 Å². The first kappa shape index (κ1) is 24.3. The van der Waals surface area contributed by atoms with Gasteiger partial charge in [0.15, 0.2) is 0 Å². The maximum atomic E-state index is 14.0. The zero-order chi connectivity index (χ0) is 23.1. The van der Waals surface area contributed by atoms with E-state index in [0.29, 0.717) is 6.54 Å². The van der Waals surface area contributed by atoms with Crippen molar-refractivity contribution in [3.8, 4) is 0 Å². The number of aromatic nitrogens is 1. The molecule has 0 saturated carbocycles. The van der Waals surface area contributed by atoms with E-state index in [-0.39, 0.29) is 11.7 Å². The summed E-state index contributed by atoms with van der Waals surface area (Å²) in [5, 5.41) is 3.57. The second-order valence-electron chi connectivity index (χ2n) is 9.30. The highest BCUT2D eigenvalue weighted by Crippen LogP contribution is 2.31. The number of likely N-dealkylation sites (tertiary alicyclic amines) is 1. The summed E-state index contributed by atoms with van der Waals surface area (Å²) in [4.78, 5) is 11.3. The molecule has 0 unspecified atom stereocenters. The summed E-state index contributed by atoms with van der Waals surface area (Å²) in [6, 6.07) is 7.39. The van der Waals surface area contributed by atoms with Gasteiger partial charge >= 0.3 is 0 Å². The van der Waals surface area contributed by atoms with E-state index in [9.17, 15) is 4.39 Å². The number of aliphatic imine (C=N–C) groups is 1. The lowest BCUT2D eigenvalue weighted by Gasteiger charge is -2.29. The van der Waals surface area contributed by atoms with E-state index in [1.54, 1.807) is 6.07 Å². The van der Waals surface area contributed by atoms with Crippen LogP contribution in [0, 0.1) is 11.7 Å². The van der Waals surface area contributed by atoms with Crippen molar-refractivity contribution in [2.75, 3.05) is 26.7 Å². The van der Waals surface area contributed by atoms with Gasteiger partial charge in [-0.25, -0.2) is 4.39 Å². The molecule has 2 aromatic rings. The zero-order valence-electron chi connectivity index (χ0n) is 19.8. The number of nitrogens with zero attached hydrogens (tertiary/aromatic N) is 3. The van der Waals surface area contributed by atoms with Gasteiger partial charge in [-0.3, -0.25) is 9.98 Å². The Kier molecular flexibility index (Phi) is 8.71. The molecule has 4 nitrogen and oxygen atoms in total. The average molecular weight is 437 g/mol. The molecular weight excluding hydrogens is 399 g/mol. The van der Waals surface area contributed by atoms with Gasteiger partial charge in [-0.2, -0.15) is 0 Å². The van der Waals surface area contributed by atoms with Crippen LogP contribution in [0.5, 0.6) is 0 Å². The van der Waals surface area contributed by atoms with Crippen LogP contribution < -0.4 is 5.32 Å². The third-order valence-corrected chi connectivity index (χ3v) is 6.50. The monoisotopic (exact) mass is 436 g/mol. The number of piperidine rings is 1. The minimum Gasteiger partial charge on any atom is -0.311 e. The summed E-state index contributed by atoms with van der Waals surface area (Å²) < 4.78 is 14.0. The quantitative estimate of drug-likeness (QED) is 0.482. The maximum Gasteiger partial charge on any atom is 0.126 e. The van der Waals surface area contributed by atoms with Gasteiger partial charge in [-0.1, -0.05) is 32.6 Å². The smallest absolute Gasteiger partial charge is 0.126 e. The Bertz CT molecular complexity index is 929. The van der Waals surface area contributed by atoms with Crippen LogP contribution in [-0.2, 0) is 13.0 Å². The van der Waals surface area contributed by atoms with Crippen LogP contribution in [0.25, 0.3) is 5.57 Å². The Morgan fingerprint density at radius 2 is 2.03 bits per heavy atom. The summed E-state index contributed by atoms with van der Waals surface area (Å²) in [6.07, 6.45) is 5.89. The number of benzene rings is 1. The lowest BCUT2D eigenvalue weighted by molar-refractivity contribution is 0.216. The molecule has 1 aromatic heterocycles. The third-order valence-electron chi connectivity index (χ3n) is 6.50. The summed E-state index contributed by atoms with van der Waals surface area (Å²) >= 11 is 0. The van der Waals surface area contributed by atoms with Gasteiger partial charge < -0.3 is 10.2 Å². The van der Waals surface area contributed by atoms with Crippen LogP contribution in [0.4, 0.5) is 10.1 Å². The van der Waals surface area contributed by atoms with E-state index in [1.165, 1.54) is 25.9 Å². The Morgan fingerprint density at radius 3 is 2.72 bits per heavy atom. The van der Waals surface area contributed by atoms with Crippen molar-refractivity contribution < 1.29 is 4.39 Å². The number of rotatable bonds is 10. The summed E-state index contributed by atoms with van der Waals surface area (Å²) in [5.74, 6) is 0.752. The highest BCUT2D eigenvalue weighted by atomic mass is 19.1. The number of aryl methyl sites for hydroxylation is 1. The van der Waals surface area contributed by atoms with E-state index in [0.717, 1.165) is 58.9 Å². The maximum absolute atomic E-state index is 14.0. The Morgan fingerprint density at radius 1 is 1.28 bits per heavy atom. The van der Waals surface area contributed by atoms with Crippen molar-refractivity contribution in [1.82, 2.24) is 15.2 Å². The number of nitrogens with one attached hydrogen (secondary N) is 1. The van der Waals surface area contributed by atoms with Crippen LogP contribution in [0.2, 0.25) is 0 Å². The molecule has 0 bridgehead atoms. The molecule has 1 saturated heterocycles. The van der Waals surface area contributed by atoms with Crippen molar-refractivity contribution in [3.05, 3.63) is 65.2 Å². The fraction of sp³-hybridized carbons (Fsp3) is 0.481. The normalized spacial score (nSPS) is 15.3. The van der Waals surface area contributed by atoms with Crippen molar-refractivity contribution >= 4 is 18.0 Å². The molecule has 1 aliphatic heterocycles. The molecule has 0 spiro atoms. The van der Waals surface area contributed by atoms with E-state index in [1.807, 2.05) is 38.2 Å². The van der Waals surface area contributed by atoms with E-state index >= 15 is 0 Å². The van der Waals surface area contributed by atoms with Crippen LogP contribution in [0.1, 0.15) is 61.4 Å². The molecule has 3 rings (SSSR count). The molecule has 0 aliphatic carbocycles. The second-order valence-corrected chi connectivity index (χ2v) is 9.30. The first-order valence-electron chi connectivity index (χ1n) is 11.7. The van der Waals surface area contributed by atoms with E-state index < -0.39 is 0 Å². The number of allylic oxidation sites excluding steroid dienone is 1. The Labute approximate surface area is 192 Å². The molecule has 172 valence electrons. The summed E-state index contributed by atoms with van der Waals surface area (Å²) in [5.41, 5.74) is 5.62. The molecule has 0 amide bonds. The first-order chi connectivity index (χ1) is 15.4. The standard InChI is InChI=1S/C27H37FN4/c1-19(2)24-16-21(8-9-25(24)28)7-6-20(3)23-10-13-31-26(27(23)29-4)18-30-17-22-11-14-32(5)15-12-22/h8-10,13,16,19,22,30H,3-4,6-7,11-12,14-15,17-18H2,1-2,5H3. The molecule has 0 atom stereocenters. The third kappa shape index (κ3) is 6.33. The molecule has 0 radical (unpaired) electrons. The Balaban J connectivity index is 1.61. The minimum atomic E-state index is -0.132. The zero-order valence-corrected chi connectivity index (χ0v) is 19.8. The van der Waals surface area contributed by atoms with Gasteiger partial charge in [0, 0.05) is 18.3 Å². The minimum absolute atomic E-state index is 0.132. The lowest BCUT2D eigenvalue weighted by Crippen LogP contribution is -2.34. The predicted molar refractivity (Wildman–Crippen MR) is 133 cm³/mol. The molecule has 1 aliphatic rings. The van der Waals surface area contributed by atoms with Crippen molar-refractivity contribution in [1.29, 1.82) is 0 Å².